The van der Waals surface area contributed by atoms with Crippen LogP contribution in [0.3, 0.4) is 0 Å². The number of halogens is 3. The van der Waals surface area contributed by atoms with Crippen molar-refractivity contribution in [2.24, 2.45) is 0 Å². The minimum Gasteiger partial charge on any atom is -0.307 e. The number of hydrogen-bond donors (Lipinski definition) is 0. The van der Waals surface area contributed by atoms with E-state index in [9.17, 15) is 4.39 Å². The Morgan fingerprint density at radius 3 is 2.72 bits per heavy atom. The van der Waals surface area contributed by atoms with Crippen LogP contribution in [-0.4, -0.2) is 14.8 Å². The van der Waals surface area contributed by atoms with Crippen LogP contribution in [-0.2, 0) is 5.88 Å². The van der Waals surface area contributed by atoms with Gasteiger partial charge in [-0.1, -0.05) is 11.6 Å². The maximum absolute atomic E-state index is 13.5. The maximum atomic E-state index is 13.5. The number of alkyl halides is 1. The van der Waals surface area contributed by atoms with Crippen LogP contribution in [0.1, 0.15) is 24.7 Å². The van der Waals surface area contributed by atoms with E-state index in [-0.39, 0.29) is 5.02 Å². The Morgan fingerprint density at radius 2 is 2.11 bits per heavy atom. The van der Waals surface area contributed by atoms with E-state index < -0.39 is 5.82 Å². The largest absolute Gasteiger partial charge is 0.307 e. The monoisotopic (exact) mass is 285 g/mol. The van der Waals surface area contributed by atoms with Gasteiger partial charge in [0, 0.05) is 11.6 Å². The van der Waals surface area contributed by atoms with Crippen LogP contribution in [0.4, 0.5) is 4.39 Å². The molecule has 0 saturated heterocycles. The molecule has 1 aromatic heterocycles. The zero-order valence-electron chi connectivity index (χ0n) is 9.41. The van der Waals surface area contributed by atoms with Gasteiger partial charge in [0.15, 0.2) is 5.82 Å². The van der Waals surface area contributed by atoms with Crippen molar-refractivity contribution >= 4 is 23.2 Å². The quantitative estimate of drug-likeness (QED) is 0.803. The van der Waals surface area contributed by atoms with Gasteiger partial charge < -0.3 is 4.57 Å². The molecule has 0 radical (unpaired) electrons. The van der Waals surface area contributed by atoms with Gasteiger partial charge in [0.1, 0.15) is 11.6 Å². The lowest BCUT2D eigenvalue weighted by Gasteiger charge is -2.07. The molecular formula is C12H10Cl2FN3. The zero-order chi connectivity index (χ0) is 12.7. The van der Waals surface area contributed by atoms with Gasteiger partial charge >= 0.3 is 0 Å². The van der Waals surface area contributed by atoms with Gasteiger partial charge in [-0.25, -0.2) is 4.39 Å². The summed E-state index contributed by atoms with van der Waals surface area (Å²) < 4.78 is 15.5. The second-order valence-corrected chi connectivity index (χ2v) is 4.98. The van der Waals surface area contributed by atoms with E-state index in [0.717, 1.165) is 18.7 Å². The number of benzene rings is 1. The van der Waals surface area contributed by atoms with Crippen molar-refractivity contribution in [1.29, 1.82) is 0 Å². The summed E-state index contributed by atoms with van der Waals surface area (Å²) in [7, 11) is 0. The molecule has 1 heterocycles. The predicted molar refractivity (Wildman–Crippen MR) is 68.3 cm³/mol. The number of aromatic nitrogens is 3. The molecule has 18 heavy (non-hydrogen) atoms. The maximum Gasteiger partial charge on any atom is 0.164 e. The average Bonchev–Trinajstić information content (AvgIpc) is 3.12. The summed E-state index contributed by atoms with van der Waals surface area (Å²) in [5.74, 6) is 1.24. The highest BCUT2D eigenvalue weighted by molar-refractivity contribution is 6.30. The Hall–Kier alpha value is -1.13. The Balaban J connectivity index is 2.10. The molecule has 0 atom stereocenters. The fraction of sp³-hybridized carbons (Fsp3) is 0.333. The van der Waals surface area contributed by atoms with Crippen molar-refractivity contribution < 1.29 is 4.39 Å². The average molecular weight is 286 g/mol. The lowest BCUT2D eigenvalue weighted by atomic mass is 10.2. The van der Waals surface area contributed by atoms with E-state index in [2.05, 4.69) is 10.2 Å². The third kappa shape index (κ3) is 1.99. The molecule has 94 valence electrons. The van der Waals surface area contributed by atoms with Gasteiger partial charge in [-0.2, -0.15) is 0 Å². The zero-order valence-corrected chi connectivity index (χ0v) is 10.9. The Kier molecular flexibility index (Phi) is 2.99. The molecule has 0 unspecified atom stereocenters. The van der Waals surface area contributed by atoms with E-state index in [1.807, 2.05) is 4.57 Å². The van der Waals surface area contributed by atoms with Crippen LogP contribution in [0.15, 0.2) is 18.2 Å². The molecule has 2 aromatic rings. The van der Waals surface area contributed by atoms with Gasteiger partial charge in [0.05, 0.1) is 10.9 Å². The van der Waals surface area contributed by atoms with Gasteiger partial charge in [0.2, 0.25) is 0 Å². The molecule has 1 aliphatic rings. The van der Waals surface area contributed by atoms with E-state index in [1.54, 1.807) is 6.07 Å². The highest BCUT2D eigenvalue weighted by Gasteiger charge is 2.29. The van der Waals surface area contributed by atoms with Crippen molar-refractivity contribution in [3.05, 3.63) is 34.9 Å². The van der Waals surface area contributed by atoms with Gasteiger partial charge in [-0.3, -0.25) is 0 Å². The predicted octanol–water partition coefficient (Wildman–Crippen LogP) is 3.81. The first-order valence-corrected chi connectivity index (χ1v) is 6.57. The second kappa shape index (κ2) is 4.52. The summed E-state index contributed by atoms with van der Waals surface area (Å²) in [5, 5.41) is 8.26. The first kappa shape index (κ1) is 11.9. The standard InChI is InChI=1S/C12H10Cl2FN3/c13-6-11-16-17-12(18(11)8-2-3-8)7-1-4-9(14)10(15)5-7/h1,4-5,8H,2-3,6H2. The minimum atomic E-state index is -0.452. The van der Waals surface area contributed by atoms with Gasteiger partial charge in [-0.15, -0.1) is 21.8 Å². The van der Waals surface area contributed by atoms with E-state index in [4.69, 9.17) is 23.2 Å². The van der Waals surface area contributed by atoms with Crippen LogP contribution >= 0.6 is 23.2 Å². The Labute approximate surface area is 114 Å². The lowest BCUT2D eigenvalue weighted by Crippen LogP contribution is -2.02. The fourth-order valence-corrected chi connectivity index (χ4v) is 2.26. The fourth-order valence-electron chi connectivity index (χ4n) is 1.96. The molecule has 1 aliphatic carbocycles. The summed E-state index contributed by atoms with van der Waals surface area (Å²) in [5.41, 5.74) is 0.674. The first-order valence-electron chi connectivity index (χ1n) is 5.66. The molecule has 0 amide bonds. The molecule has 3 rings (SSSR count). The molecule has 0 N–H and O–H groups in total. The van der Waals surface area contributed by atoms with E-state index in [0.29, 0.717) is 23.3 Å². The van der Waals surface area contributed by atoms with Crippen LogP contribution in [0.5, 0.6) is 0 Å². The molecular weight excluding hydrogens is 276 g/mol. The number of hydrogen-bond acceptors (Lipinski definition) is 2. The SMILES string of the molecule is Fc1cc(-c2nnc(CCl)n2C2CC2)ccc1Cl. The minimum absolute atomic E-state index is 0.105. The number of rotatable bonds is 3. The van der Waals surface area contributed by atoms with Crippen LogP contribution in [0.2, 0.25) is 5.02 Å². The molecule has 1 saturated carbocycles. The molecule has 1 aromatic carbocycles. The highest BCUT2D eigenvalue weighted by atomic mass is 35.5. The molecule has 0 aliphatic heterocycles. The summed E-state index contributed by atoms with van der Waals surface area (Å²) in [6, 6.07) is 5.04. The molecule has 3 nitrogen and oxygen atoms in total. The normalized spacial score (nSPS) is 15.1. The molecule has 6 heteroatoms. The molecule has 1 fully saturated rings. The Bertz CT molecular complexity index is 593. The van der Waals surface area contributed by atoms with Crippen molar-refractivity contribution in [3.63, 3.8) is 0 Å². The van der Waals surface area contributed by atoms with Crippen molar-refractivity contribution in [3.8, 4) is 11.4 Å². The number of nitrogens with zero attached hydrogens (tertiary/aromatic N) is 3. The van der Waals surface area contributed by atoms with Crippen molar-refractivity contribution in [1.82, 2.24) is 14.8 Å². The molecule has 0 spiro atoms. The second-order valence-electron chi connectivity index (χ2n) is 4.30. The summed E-state index contributed by atoms with van der Waals surface area (Å²) >= 11 is 11.5. The van der Waals surface area contributed by atoms with Crippen LogP contribution in [0, 0.1) is 5.82 Å². The smallest absolute Gasteiger partial charge is 0.164 e. The molecule has 0 bridgehead atoms. The van der Waals surface area contributed by atoms with E-state index >= 15 is 0 Å². The Morgan fingerprint density at radius 1 is 1.33 bits per heavy atom. The lowest BCUT2D eigenvalue weighted by molar-refractivity contribution is 0.628. The highest BCUT2D eigenvalue weighted by Crippen LogP contribution is 2.39. The van der Waals surface area contributed by atoms with Crippen molar-refractivity contribution in [2.75, 3.05) is 0 Å². The van der Waals surface area contributed by atoms with Crippen LogP contribution < -0.4 is 0 Å². The first-order chi connectivity index (χ1) is 8.70. The summed E-state index contributed by atoms with van der Waals surface area (Å²) in [6.45, 7) is 0. The third-order valence-corrected chi connectivity index (χ3v) is 3.52. The third-order valence-electron chi connectivity index (χ3n) is 2.98. The van der Waals surface area contributed by atoms with Crippen LogP contribution in [0.25, 0.3) is 11.4 Å². The topological polar surface area (TPSA) is 30.7 Å². The van der Waals surface area contributed by atoms with Gasteiger partial charge in [-0.05, 0) is 31.0 Å². The van der Waals surface area contributed by atoms with E-state index in [1.165, 1.54) is 12.1 Å². The summed E-state index contributed by atoms with van der Waals surface area (Å²) in [4.78, 5) is 0. The van der Waals surface area contributed by atoms with Crippen molar-refractivity contribution in [2.45, 2.75) is 24.8 Å². The summed E-state index contributed by atoms with van der Waals surface area (Å²) in [6.07, 6.45) is 2.18. The van der Waals surface area contributed by atoms with Gasteiger partial charge in [0.25, 0.3) is 0 Å².